The van der Waals surface area contributed by atoms with Gasteiger partial charge in [0.05, 0.1) is 5.56 Å². The molecule has 3 aromatic carbocycles. The summed E-state index contributed by atoms with van der Waals surface area (Å²) in [6.45, 7) is 3.80. The maximum absolute atomic E-state index is 11.3. The van der Waals surface area contributed by atoms with Crippen molar-refractivity contribution in [1.82, 2.24) is 0 Å². The van der Waals surface area contributed by atoms with E-state index in [0.717, 1.165) is 5.56 Å². The lowest BCUT2D eigenvalue weighted by molar-refractivity contribution is 0.00954. The highest BCUT2D eigenvalue weighted by Crippen LogP contribution is 2.35. The molecule has 0 unspecified atom stereocenters. The molecular weight excluding hydrogens is 376 g/mol. The Kier molecular flexibility index (Phi) is 15.3. The van der Waals surface area contributed by atoms with Crippen molar-refractivity contribution in [3.05, 3.63) is 108 Å². The quantitative estimate of drug-likeness (QED) is 0.427. The van der Waals surface area contributed by atoms with Gasteiger partial charge in [-0.05, 0) is 19.9 Å². The lowest BCUT2D eigenvalue weighted by Crippen LogP contribution is -2.15. The fraction of sp³-hybridized carbons (Fsp3) is 0.269. The SMILES string of the molecule is CC1(C)OC(=O)c2ccccc21.COC.COC.c1ccccc1.c1ccccc1. The molecule has 0 atom stereocenters. The number of esters is 1. The highest BCUT2D eigenvalue weighted by Gasteiger charge is 2.36. The van der Waals surface area contributed by atoms with Gasteiger partial charge in [0, 0.05) is 34.0 Å². The number of ether oxygens (including phenoxy) is 3. The molecule has 0 saturated heterocycles. The minimum absolute atomic E-state index is 0.212. The van der Waals surface area contributed by atoms with E-state index in [2.05, 4.69) is 9.47 Å². The number of fused-ring (bicyclic) bond motifs is 1. The van der Waals surface area contributed by atoms with E-state index in [1.54, 1.807) is 34.5 Å². The van der Waals surface area contributed by atoms with Crippen molar-refractivity contribution in [3.8, 4) is 0 Å². The highest BCUT2D eigenvalue weighted by molar-refractivity contribution is 5.94. The van der Waals surface area contributed by atoms with Crippen LogP contribution < -0.4 is 0 Å². The molecule has 3 aromatic rings. The van der Waals surface area contributed by atoms with Crippen LogP contribution in [0.1, 0.15) is 29.8 Å². The van der Waals surface area contributed by atoms with E-state index in [1.165, 1.54) is 0 Å². The van der Waals surface area contributed by atoms with Crippen LogP contribution in [-0.4, -0.2) is 34.4 Å². The molecule has 30 heavy (non-hydrogen) atoms. The third-order valence-corrected chi connectivity index (χ3v) is 3.48. The average molecular weight is 411 g/mol. The zero-order valence-corrected chi connectivity index (χ0v) is 18.9. The monoisotopic (exact) mass is 410 g/mol. The predicted molar refractivity (Wildman–Crippen MR) is 124 cm³/mol. The maximum atomic E-state index is 11.3. The number of cyclic esters (lactones) is 1. The Morgan fingerprint density at radius 1 is 0.600 bits per heavy atom. The molecule has 0 bridgehead atoms. The molecule has 0 radical (unpaired) electrons. The van der Waals surface area contributed by atoms with Crippen LogP contribution in [0.4, 0.5) is 0 Å². The van der Waals surface area contributed by atoms with Crippen LogP contribution in [0.2, 0.25) is 0 Å². The zero-order chi connectivity index (χ0) is 22.7. The van der Waals surface area contributed by atoms with Crippen molar-refractivity contribution in [2.45, 2.75) is 19.4 Å². The van der Waals surface area contributed by atoms with Gasteiger partial charge >= 0.3 is 5.97 Å². The van der Waals surface area contributed by atoms with Crippen molar-refractivity contribution in [2.24, 2.45) is 0 Å². The highest BCUT2D eigenvalue weighted by atomic mass is 16.6. The molecule has 0 aromatic heterocycles. The molecule has 0 fully saturated rings. The van der Waals surface area contributed by atoms with Crippen LogP contribution >= 0.6 is 0 Å². The second kappa shape index (κ2) is 17.0. The summed E-state index contributed by atoms with van der Waals surface area (Å²) in [7, 11) is 6.50. The zero-order valence-electron chi connectivity index (χ0n) is 18.9. The number of methoxy groups -OCH3 is 2. The molecule has 0 N–H and O–H groups in total. The van der Waals surface area contributed by atoms with Gasteiger partial charge in [0.25, 0.3) is 0 Å². The van der Waals surface area contributed by atoms with Crippen molar-refractivity contribution in [1.29, 1.82) is 0 Å². The summed E-state index contributed by atoms with van der Waals surface area (Å²) >= 11 is 0. The first kappa shape index (κ1) is 27.0. The maximum Gasteiger partial charge on any atom is 0.339 e. The number of hydrogen-bond donors (Lipinski definition) is 0. The lowest BCUT2D eigenvalue weighted by Gasteiger charge is -2.16. The van der Waals surface area contributed by atoms with Crippen LogP contribution in [0.25, 0.3) is 0 Å². The van der Waals surface area contributed by atoms with Gasteiger partial charge in [-0.15, -0.1) is 0 Å². The second-order valence-corrected chi connectivity index (χ2v) is 6.57. The molecule has 1 aliphatic heterocycles. The van der Waals surface area contributed by atoms with Crippen LogP contribution in [0.3, 0.4) is 0 Å². The van der Waals surface area contributed by atoms with Gasteiger partial charge in [0.1, 0.15) is 5.60 Å². The van der Waals surface area contributed by atoms with E-state index in [-0.39, 0.29) is 5.97 Å². The Morgan fingerprint density at radius 2 is 0.900 bits per heavy atom. The molecule has 0 amide bonds. The predicted octanol–water partition coefficient (Wildman–Crippen LogP) is 5.99. The number of carbonyl (C=O) groups is 1. The molecule has 0 aliphatic carbocycles. The summed E-state index contributed by atoms with van der Waals surface area (Å²) in [5, 5.41) is 0. The van der Waals surface area contributed by atoms with E-state index < -0.39 is 5.60 Å². The van der Waals surface area contributed by atoms with E-state index in [9.17, 15) is 4.79 Å². The average Bonchev–Trinajstić information content (AvgIpc) is 3.01. The van der Waals surface area contributed by atoms with Gasteiger partial charge in [0.15, 0.2) is 0 Å². The van der Waals surface area contributed by atoms with Crippen LogP contribution in [0.5, 0.6) is 0 Å². The van der Waals surface area contributed by atoms with Gasteiger partial charge in [-0.3, -0.25) is 0 Å². The molecule has 162 valence electrons. The Balaban J connectivity index is 0.000000397. The minimum Gasteiger partial charge on any atom is -0.451 e. The first-order chi connectivity index (χ1) is 14.4. The van der Waals surface area contributed by atoms with Crippen molar-refractivity contribution in [3.63, 3.8) is 0 Å². The summed E-state index contributed by atoms with van der Waals surface area (Å²) in [5.74, 6) is -0.212. The minimum atomic E-state index is -0.451. The number of carbonyl (C=O) groups excluding carboxylic acids is 1. The van der Waals surface area contributed by atoms with Crippen molar-refractivity contribution in [2.75, 3.05) is 28.4 Å². The first-order valence-electron chi connectivity index (χ1n) is 9.57. The molecular formula is C26H34O4. The third kappa shape index (κ3) is 11.8. The van der Waals surface area contributed by atoms with Crippen molar-refractivity contribution >= 4 is 5.97 Å². The Bertz CT molecular complexity index is 684. The van der Waals surface area contributed by atoms with Gasteiger partial charge < -0.3 is 14.2 Å². The number of rotatable bonds is 0. The Hall–Kier alpha value is -2.95. The summed E-state index contributed by atoms with van der Waals surface area (Å²) in [4.78, 5) is 11.3. The smallest absolute Gasteiger partial charge is 0.339 e. The summed E-state index contributed by atoms with van der Waals surface area (Å²) in [5.41, 5.74) is 1.23. The molecule has 1 aliphatic rings. The van der Waals surface area contributed by atoms with Gasteiger partial charge in [-0.2, -0.15) is 0 Å². The van der Waals surface area contributed by atoms with Crippen LogP contribution in [-0.2, 0) is 19.8 Å². The van der Waals surface area contributed by atoms with Crippen LogP contribution in [0, 0.1) is 0 Å². The van der Waals surface area contributed by atoms with Crippen LogP contribution in [0.15, 0.2) is 97.1 Å². The molecule has 0 saturated carbocycles. The van der Waals surface area contributed by atoms with E-state index >= 15 is 0 Å². The summed E-state index contributed by atoms with van der Waals surface area (Å²) < 4.78 is 13.7. The van der Waals surface area contributed by atoms with E-state index in [4.69, 9.17) is 4.74 Å². The fourth-order valence-electron chi connectivity index (χ4n) is 2.30. The summed E-state index contributed by atoms with van der Waals surface area (Å²) in [6, 6.07) is 31.5. The molecule has 4 heteroatoms. The Labute approximate surface area is 181 Å². The van der Waals surface area contributed by atoms with Crippen molar-refractivity contribution < 1.29 is 19.0 Å². The topological polar surface area (TPSA) is 44.8 Å². The fourth-order valence-corrected chi connectivity index (χ4v) is 2.30. The standard InChI is InChI=1S/C10H10O2.2C6H6.2C2H6O/c1-10(2)8-6-4-3-5-7(8)9(11)12-10;2*1-2-4-6-5-3-1;2*1-3-2/h3-6H,1-2H3;2*1-6H;2*1-2H3. The molecule has 4 nitrogen and oxygen atoms in total. The lowest BCUT2D eigenvalue weighted by atomic mass is 9.96. The van der Waals surface area contributed by atoms with Gasteiger partial charge in [0.2, 0.25) is 0 Å². The van der Waals surface area contributed by atoms with E-state index in [1.807, 2.05) is 105 Å². The van der Waals surface area contributed by atoms with E-state index in [0.29, 0.717) is 5.56 Å². The molecule has 1 heterocycles. The largest absolute Gasteiger partial charge is 0.451 e. The normalized spacial score (nSPS) is 11.9. The second-order valence-electron chi connectivity index (χ2n) is 6.57. The molecule has 0 spiro atoms. The first-order valence-corrected chi connectivity index (χ1v) is 9.57. The molecule has 4 rings (SSSR count). The summed E-state index contributed by atoms with van der Waals surface area (Å²) in [6.07, 6.45) is 0. The number of benzene rings is 3. The van der Waals surface area contributed by atoms with Gasteiger partial charge in [-0.1, -0.05) is 91.0 Å². The third-order valence-electron chi connectivity index (χ3n) is 3.48. The Morgan fingerprint density at radius 3 is 1.20 bits per heavy atom. The number of hydrogen-bond acceptors (Lipinski definition) is 4. The van der Waals surface area contributed by atoms with Gasteiger partial charge in [-0.25, -0.2) is 4.79 Å².